The first-order valence-electron chi connectivity index (χ1n) is 4.66. The van der Waals surface area contributed by atoms with E-state index in [2.05, 4.69) is 11.4 Å². The van der Waals surface area contributed by atoms with Crippen molar-refractivity contribution in [1.29, 1.82) is 0 Å². The Balaban J connectivity index is 2.39. The first kappa shape index (κ1) is 9.56. The summed E-state index contributed by atoms with van der Waals surface area (Å²) in [5.74, 6) is 0.308. The number of phenols is 1. The fraction of sp³-hybridized carbons (Fsp3) is 0.273. The Morgan fingerprint density at radius 2 is 2.21 bits per heavy atom. The van der Waals surface area contributed by atoms with Gasteiger partial charge in [-0.1, -0.05) is 17.7 Å². The van der Waals surface area contributed by atoms with Gasteiger partial charge in [-0.3, -0.25) is 0 Å². The molecule has 0 atom stereocenters. The molecule has 2 nitrogen and oxygen atoms in total. The summed E-state index contributed by atoms with van der Waals surface area (Å²) in [5.41, 5.74) is 2.03. The number of aromatic hydroxyl groups is 1. The molecule has 14 heavy (non-hydrogen) atoms. The van der Waals surface area contributed by atoms with Gasteiger partial charge in [0.25, 0.3) is 0 Å². The number of benzene rings is 1. The van der Waals surface area contributed by atoms with Gasteiger partial charge >= 0.3 is 0 Å². The van der Waals surface area contributed by atoms with Gasteiger partial charge in [0.15, 0.2) is 0 Å². The van der Waals surface area contributed by atoms with Crippen LogP contribution in [-0.4, -0.2) is 18.2 Å². The molecule has 2 rings (SSSR count). The van der Waals surface area contributed by atoms with Crippen LogP contribution < -0.4 is 5.32 Å². The van der Waals surface area contributed by atoms with Crippen molar-refractivity contribution in [2.24, 2.45) is 0 Å². The van der Waals surface area contributed by atoms with E-state index in [0.717, 1.165) is 25.1 Å². The highest BCUT2D eigenvalue weighted by Crippen LogP contribution is 2.30. The summed E-state index contributed by atoms with van der Waals surface area (Å²) in [6.45, 7) is 1.82. The Morgan fingerprint density at radius 1 is 1.36 bits per heavy atom. The number of halogens is 1. The number of hydrogen-bond donors (Lipinski definition) is 2. The summed E-state index contributed by atoms with van der Waals surface area (Å²) in [4.78, 5) is 0. The Bertz CT molecular complexity index is 374. The first-order valence-corrected chi connectivity index (χ1v) is 5.04. The topological polar surface area (TPSA) is 32.3 Å². The lowest BCUT2D eigenvalue weighted by Crippen LogP contribution is -2.20. The minimum absolute atomic E-state index is 0.308. The molecule has 0 spiro atoms. The van der Waals surface area contributed by atoms with Crippen LogP contribution in [0.1, 0.15) is 12.0 Å². The monoisotopic (exact) mass is 209 g/mol. The molecule has 1 aromatic rings. The van der Waals surface area contributed by atoms with Crippen molar-refractivity contribution in [2.45, 2.75) is 6.42 Å². The van der Waals surface area contributed by atoms with Crippen LogP contribution in [0.4, 0.5) is 0 Å². The van der Waals surface area contributed by atoms with Gasteiger partial charge in [0.2, 0.25) is 0 Å². The fourth-order valence-corrected chi connectivity index (χ4v) is 1.80. The van der Waals surface area contributed by atoms with Crippen LogP contribution >= 0.6 is 11.6 Å². The molecule has 2 N–H and O–H groups in total. The number of nitrogens with one attached hydrogen (secondary N) is 1. The van der Waals surface area contributed by atoms with Gasteiger partial charge in [0, 0.05) is 17.1 Å². The van der Waals surface area contributed by atoms with Crippen molar-refractivity contribution >= 4 is 17.2 Å². The van der Waals surface area contributed by atoms with Crippen molar-refractivity contribution in [1.82, 2.24) is 5.32 Å². The van der Waals surface area contributed by atoms with E-state index in [1.54, 1.807) is 12.1 Å². The second-order valence-electron chi connectivity index (χ2n) is 3.34. The average molecular weight is 210 g/mol. The third-order valence-corrected chi connectivity index (χ3v) is 2.60. The van der Waals surface area contributed by atoms with Gasteiger partial charge in [0.1, 0.15) is 5.75 Å². The summed E-state index contributed by atoms with van der Waals surface area (Å²) >= 11 is 5.88. The van der Waals surface area contributed by atoms with E-state index in [0.29, 0.717) is 10.8 Å². The molecule has 0 bridgehead atoms. The summed E-state index contributed by atoms with van der Waals surface area (Å²) < 4.78 is 0. The van der Waals surface area contributed by atoms with Crippen molar-refractivity contribution in [2.75, 3.05) is 13.1 Å². The normalized spacial score (nSPS) is 16.5. The van der Waals surface area contributed by atoms with Gasteiger partial charge in [0.05, 0.1) is 0 Å². The highest BCUT2D eigenvalue weighted by atomic mass is 35.5. The van der Waals surface area contributed by atoms with Crippen LogP contribution in [0, 0.1) is 0 Å². The molecule has 1 aromatic carbocycles. The molecular weight excluding hydrogens is 198 g/mol. The lowest BCUT2D eigenvalue weighted by Gasteiger charge is -2.15. The van der Waals surface area contributed by atoms with E-state index in [4.69, 9.17) is 11.6 Å². The predicted molar refractivity (Wildman–Crippen MR) is 58.6 cm³/mol. The van der Waals surface area contributed by atoms with E-state index < -0.39 is 0 Å². The van der Waals surface area contributed by atoms with Crippen LogP contribution in [0.25, 0.3) is 5.57 Å². The highest BCUT2D eigenvalue weighted by Gasteiger charge is 2.10. The molecule has 0 aliphatic carbocycles. The van der Waals surface area contributed by atoms with Crippen molar-refractivity contribution in [3.63, 3.8) is 0 Å². The zero-order valence-corrected chi connectivity index (χ0v) is 8.51. The number of rotatable bonds is 1. The molecule has 1 aliphatic heterocycles. The van der Waals surface area contributed by atoms with Crippen molar-refractivity contribution in [3.8, 4) is 5.75 Å². The molecule has 1 heterocycles. The quantitative estimate of drug-likeness (QED) is 0.745. The Morgan fingerprint density at radius 3 is 2.93 bits per heavy atom. The minimum atomic E-state index is 0.308. The van der Waals surface area contributed by atoms with E-state index in [1.807, 2.05) is 6.07 Å². The molecular formula is C11H12ClNO. The standard InChI is InChI=1S/C11H12ClNO/c12-9-1-2-11(14)10(7-9)8-3-5-13-6-4-8/h1-3,7,13-14H,4-6H2. The van der Waals surface area contributed by atoms with Gasteiger partial charge in [-0.15, -0.1) is 0 Å². The van der Waals surface area contributed by atoms with E-state index in [1.165, 1.54) is 5.57 Å². The largest absolute Gasteiger partial charge is 0.507 e. The third-order valence-electron chi connectivity index (χ3n) is 2.37. The summed E-state index contributed by atoms with van der Waals surface area (Å²) in [7, 11) is 0. The molecule has 74 valence electrons. The maximum atomic E-state index is 9.67. The second kappa shape index (κ2) is 4.03. The van der Waals surface area contributed by atoms with Crippen LogP contribution in [0.2, 0.25) is 5.02 Å². The second-order valence-corrected chi connectivity index (χ2v) is 3.78. The molecule has 0 saturated heterocycles. The zero-order valence-electron chi connectivity index (χ0n) is 7.76. The van der Waals surface area contributed by atoms with E-state index in [-0.39, 0.29) is 0 Å². The molecule has 0 unspecified atom stereocenters. The average Bonchev–Trinajstić information content (AvgIpc) is 2.23. The molecule has 0 aromatic heterocycles. The first-order chi connectivity index (χ1) is 6.77. The summed E-state index contributed by atoms with van der Waals surface area (Å²) in [5, 5.41) is 13.6. The summed E-state index contributed by atoms with van der Waals surface area (Å²) in [6, 6.07) is 5.15. The van der Waals surface area contributed by atoms with E-state index >= 15 is 0 Å². The van der Waals surface area contributed by atoms with Crippen LogP contribution in [0.3, 0.4) is 0 Å². The minimum Gasteiger partial charge on any atom is -0.507 e. The van der Waals surface area contributed by atoms with E-state index in [9.17, 15) is 5.11 Å². The van der Waals surface area contributed by atoms with Gasteiger partial charge in [-0.25, -0.2) is 0 Å². The third kappa shape index (κ3) is 1.91. The van der Waals surface area contributed by atoms with Crippen molar-refractivity contribution in [3.05, 3.63) is 34.9 Å². The molecule has 0 fully saturated rings. The van der Waals surface area contributed by atoms with Gasteiger partial charge < -0.3 is 10.4 Å². The smallest absolute Gasteiger partial charge is 0.123 e. The fourth-order valence-electron chi connectivity index (χ4n) is 1.63. The molecule has 0 amide bonds. The highest BCUT2D eigenvalue weighted by molar-refractivity contribution is 6.30. The lowest BCUT2D eigenvalue weighted by atomic mass is 9.99. The molecule has 3 heteroatoms. The SMILES string of the molecule is Oc1ccc(Cl)cc1C1=CCNCC1. The molecule has 1 aliphatic rings. The van der Waals surface area contributed by atoms with Gasteiger partial charge in [-0.2, -0.15) is 0 Å². The summed E-state index contributed by atoms with van der Waals surface area (Å²) in [6.07, 6.45) is 3.03. The van der Waals surface area contributed by atoms with Crippen LogP contribution in [0.5, 0.6) is 5.75 Å². The van der Waals surface area contributed by atoms with Crippen molar-refractivity contribution < 1.29 is 5.11 Å². The molecule has 0 radical (unpaired) electrons. The maximum Gasteiger partial charge on any atom is 0.123 e. The Kier molecular flexibility index (Phi) is 2.75. The lowest BCUT2D eigenvalue weighted by molar-refractivity contribution is 0.473. The zero-order chi connectivity index (χ0) is 9.97. The van der Waals surface area contributed by atoms with Crippen LogP contribution in [-0.2, 0) is 0 Å². The number of phenolic OH excluding ortho intramolecular Hbond substituents is 1. The Labute approximate surface area is 88.2 Å². The maximum absolute atomic E-state index is 9.67. The Hall–Kier alpha value is -0.990. The predicted octanol–water partition coefficient (Wildman–Crippen LogP) is 2.42. The van der Waals surface area contributed by atoms with Gasteiger partial charge in [-0.05, 0) is 36.7 Å². The molecule has 0 saturated carbocycles. The van der Waals surface area contributed by atoms with Crippen LogP contribution in [0.15, 0.2) is 24.3 Å². The number of hydrogen-bond acceptors (Lipinski definition) is 2.